The summed E-state index contributed by atoms with van der Waals surface area (Å²) in [6.07, 6.45) is 4.69. The minimum atomic E-state index is -0.913. The molecule has 3 amide bonds. The number of anilines is 1. The first-order valence-electron chi connectivity index (χ1n) is 14.6. The second-order valence-electron chi connectivity index (χ2n) is 12.7. The van der Waals surface area contributed by atoms with E-state index in [1.807, 2.05) is 24.3 Å². The Balaban J connectivity index is 1.26. The number of nitrogens with zero attached hydrogens (tertiary/aromatic N) is 2. The normalized spacial score (nSPS) is 17.6. The van der Waals surface area contributed by atoms with Crippen LogP contribution in [0.2, 0.25) is 0 Å². The number of hydrogen-bond donors (Lipinski definition) is 3. The van der Waals surface area contributed by atoms with Gasteiger partial charge in [0.1, 0.15) is 5.82 Å². The zero-order valence-corrected chi connectivity index (χ0v) is 24.5. The van der Waals surface area contributed by atoms with Crippen molar-refractivity contribution < 1.29 is 23.9 Å². The Morgan fingerprint density at radius 1 is 0.951 bits per heavy atom. The van der Waals surface area contributed by atoms with Crippen molar-refractivity contribution in [2.45, 2.75) is 71.4 Å². The summed E-state index contributed by atoms with van der Waals surface area (Å²) in [7, 11) is 0. The lowest BCUT2D eigenvalue weighted by Crippen LogP contribution is -2.48. The predicted molar refractivity (Wildman–Crippen MR) is 157 cm³/mol. The molecule has 8 nitrogen and oxygen atoms in total. The highest BCUT2D eigenvalue weighted by atomic mass is 19.1. The van der Waals surface area contributed by atoms with E-state index in [1.165, 1.54) is 12.1 Å². The van der Waals surface area contributed by atoms with E-state index in [0.29, 0.717) is 52.0 Å². The lowest BCUT2D eigenvalue weighted by atomic mass is 9.85. The van der Waals surface area contributed by atoms with Crippen LogP contribution in [0.1, 0.15) is 85.6 Å². The summed E-state index contributed by atoms with van der Waals surface area (Å²) in [5.41, 5.74) is 1.01. The molecule has 3 N–H and O–H groups in total. The van der Waals surface area contributed by atoms with Crippen LogP contribution in [0.15, 0.2) is 42.5 Å². The number of nitrogens with one attached hydrogen (secondary N) is 2. The topological polar surface area (TPSA) is 102 Å². The number of halogens is 1. The second kappa shape index (κ2) is 13.1. The molecular formula is C32H43FN4O4. The van der Waals surface area contributed by atoms with E-state index in [9.17, 15) is 23.9 Å². The molecule has 2 aromatic rings. The van der Waals surface area contributed by atoms with Crippen LogP contribution in [0.4, 0.5) is 14.9 Å². The molecule has 41 heavy (non-hydrogen) atoms. The average Bonchev–Trinajstić information content (AvgIpc) is 2.93. The fourth-order valence-corrected chi connectivity index (χ4v) is 5.52. The van der Waals surface area contributed by atoms with Crippen molar-refractivity contribution in [2.75, 3.05) is 38.0 Å². The first-order valence-corrected chi connectivity index (χ1v) is 14.6. The lowest BCUT2D eigenvalue weighted by Gasteiger charge is -2.35. The molecule has 222 valence electrons. The molecule has 1 aliphatic carbocycles. The predicted octanol–water partition coefficient (Wildman–Crippen LogP) is 5.22. The Morgan fingerprint density at radius 3 is 2.32 bits per heavy atom. The summed E-state index contributed by atoms with van der Waals surface area (Å²) in [4.78, 5) is 41.9. The minimum absolute atomic E-state index is 0.0253. The summed E-state index contributed by atoms with van der Waals surface area (Å²) >= 11 is 0. The highest BCUT2D eigenvalue weighted by Crippen LogP contribution is 2.27. The van der Waals surface area contributed by atoms with Gasteiger partial charge < -0.3 is 20.6 Å². The molecule has 9 heteroatoms. The Labute approximate surface area is 242 Å². The van der Waals surface area contributed by atoms with Crippen molar-refractivity contribution in [1.29, 1.82) is 0 Å². The molecule has 0 radical (unpaired) electrons. The van der Waals surface area contributed by atoms with Crippen molar-refractivity contribution in [2.24, 2.45) is 5.41 Å². The molecule has 2 fully saturated rings. The molecule has 1 saturated carbocycles. The molecule has 4 rings (SSSR count). The monoisotopic (exact) mass is 566 g/mol. The third kappa shape index (κ3) is 8.84. The zero-order valence-electron chi connectivity index (χ0n) is 24.5. The summed E-state index contributed by atoms with van der Waals surface area (Å²) < 4.78 is 14.8. The third-order valence-electron chi connectivity index (χ3n) is 7.83. The van der Waals surface area contributed by atoms with Gasteiger partial charge in [0.2, 0.25) is 0 Å². The molecule has 2 aromatic carbocycles. The summed E-state index contributed by atoms with van der Waals surface area (Å²) in [5, 5.41) is 15.7. The Bertz CT molecular complexity index is 1240. The van der Waals surface area contributed by atoms with Crippen LogP contribution < -0.4 is 10.6 Å². The third-order valence-corrected chi connectivity index (χ3v) is 7.83. The second-order valence-corrected chi connectivity index (χ2v) is 12.7. The Kier molecular flexibility index (Phi) is 9.81. The van der Waals surface area contributed by atoms with E-state index < -0.39 is 17.4 Å². The number of benzene rings is 2. The van der Waals surface area contributed by atoms with Crippen LogP contribution in [0.5, 0.6) is 0 Å². The number of carbonyl (C=O) groups is 3. The van der Waals surface area contributed by atoms with E-state index in [0.717, 1.165) is 36.5 Å². The number of piperazine rings is 1. The van der Waals surface area contributed by atoms with Crippen LogP contribution in [-0.2, 0) is 6.54 Å². The number of carbonyl (C=O) groups excluding carboxylic acids is 3. The Morgan fingerprint density at radius 2 is 1.66 bits per heavy atom. The van der Waals surface area contributed by atoms with Gasteiger partial charge in [-0.05, 0) is 48.1 Å². The number of hydrogen-bond acceptors (Lipinski definition) is 5. The molecule has 0 atom stereocenters. The van der Waals surface area contributed by atoms with Crippen molar-refractivity contribution in [3.05, 3.63) is 65.0 Å². The van der Waals surface area contributed by atoms with Crippen LogP contribution >= 0.6 is 0 Å². The molecule has 1 aliphatic heterocycles. The molecule has 1 heterocycles. The Hall–Kier alpha value is -3.30. The molecule has 0 spiro atoms. The van der Waals surface area contributed by atoms with Crippen LogP contribution in [0.25, 0.3) is 0 Å². The maximum Gasteiger partial charge on any atom is 0.319 e. The average molecular weight is 567 g/mol. The van der Waals surface area contributed by atoms with Crippen LogP contribution in [0, 0.1) is 11.2 Å². The van der Waals surface area contributed by atoms with Gasteiger partial charge >= 0.3 is 6.03 Å². The summed E-state index contributed by atoms with van der Waals surface area (Å²) in [6, 6.07) is 11.2. The van der Waals surface area contributed by atoms with Crippen molar-refractivity contribution >= 4 is 23.4 Å². The number of urea groups is 1. The first-order chi connectivity index (χ1) is 19.4. The largest absolute Gasteiger partial charge is 0.388 e. The minimum Gasteiger partial charge on any atom is -0.388 e. The van der Waals surface area contributed by atoms with Crippen LogP contribution in [0.3, 0.4) is 0 Å². The van der Waals surface area contributed by atoms with Gasteiger partial charge in [-0.3, -0.25) is 14.5 Å². The maximum atomic E-state index is 14.8. The van der Waals surface area contributed by atoms with E-state index in [4.69, 9.17) is 0 Å². The SMILES string of the molecule is CC(C)(C)CC(=O)c1cccc(CN2CCN(C(=O)c3ccc(NC(=O)NCC4(O)CCCCC4)c(F)c3)CC2)c1. The van der Waals surface area contributed by atoms with Crippen LogP contribution in [-0.4, -0.2) is 71.0 Å². The zero-order chi connectivity index (χ0) is 29.6. The highest BCUT2D eigenvalue weighted by Gasteiger charge is 2.29. The first kappa shape index (κ1) is 30.7. The maximum absolute atomic E-state index is 14.8. The smallest absolute Gasteiger partial charge is 0.319 e. The van der Waals surface area contributed by atoms with E-state index >= 15 is 0 Å². The van der Waals surface area contributed by atoms with Crippen molar-refractivity contribution in [3.8, 4) is 0 Å². The van der Waals surface area contributed by atoms with Crippen molar-refractivity contribution in [1.82, 2.24) is 15.1 Å². The number of amides is 3. The van der Waals surface area contributed by atoms with Gasteiger partial charge in [-0.25, -0.2) is 9.18 Å². The van der Waals surface area contributed by atoms with Gasteiger partial charge in [-0.2, -0.15) is 0 Å². The number of aliphatic hydroxyl groups is 1. The summed E-state index contributed by atoms with van der Waals surface area (Å²) in [6.45, 7) is 9.32. The van der Waals surface area contributed by atoms with Gasteiger partial charge in [0, 0.05) is 56.8 Å². The number of rotatable bonds is 8. The molecule has 0 bridgehead atoms. The number of ketones is 1. The van der Waals surface area contributed by atoms with Gasteiger partial charge in [0.15, 0.2) is 5.78 Å². The highest BCUT2D eigenvalue weighted by molar-refractivity contribution is 5.97. The lowest BCUT2D eigenvalue weighted by molar-refractivity contribution is 0.00754. The van der Waals surface area contributed by atoms with E-state index in [-0.39, 0.29) is 34.9 Å². The van der Waals surface area contributed by atoms with E-state index in [1.54, 1.807) is 4.90 Å². The molecule has 0 aromatic heterocycles. The number of Topliss-reactive ketones (excluding diaryl/α,β-unsaturated/α-hetero) is 1. The van der Waals surface area contributed by atoms with Gasteiger partial charge in [-0.1, -0.05) is 58.2 Å². The molecular weight excluding hydrogens is 523 g/mol. The fraction of sp³-hybridized carbons (Fsp3) is 0.531. The summed E-state index contributed by atoms with van der Waals surface area (Å²) in [5.74, 6) is -0.808. The van der Waals surface area contributed by atoms with Gasteiger partial charge in [0.05, 0.1) is 11.3 Å². The van der Waals surface area contributed by atoms with Gasteiger partial charge in [-0.15, -0.1) is 0 Å². The van der Waals surface area contributed by atoms with Gasteiger partial charge in [0.25, 0.3) is 5.91 Å². The molecule has 1 saturated heterocycles. The molecule has 2 aliphatic rings. The quantitative estimate of drug-likeness (QED) is 0.381. The molecule has 0 unspecified atom stereocenters. The fourth-order valence-electron chi connectivity index (χ4n) is 5.52. The van der Waals surface area contributed by atoms with E-state index in [2.05, 4.69) is 36.3 Å². The standard InChI is InChI=1S/C32H43FN4O4/c1-31(2,3)20-28(38)24-9-7-8-23(18-24)21-36-14-16-37(17-15-36)29(39)25-10-11-27(26(33)19-25)35-30(40)34-22-32(41)12-5-4-6-13-32/h7-11,18-19,41H,4-6,12-17,20-22H2,1-3H3,(H2,34,35,40). The van der Waals surface area contributed by atoms with Crippen molar-refractivity contribution in [3.63, 3.8) is 0 Å².